The zero-order chi connectivity index (χ0) is 22.0. The number of aromatic nitrogens is 2. The lowest BCUT2D eigenvalue weighted by atomic mass is 10.1. The summed E-state index contributed by atoms with van der Waals surface area (Å²) in [5, 5.41) is 8.10. The zero-order valence-corrected chi connectivity index (χ0v) is 19.6. The Morgan fingerprint density at radius 3 is 2.68 bits per heavy atom. The molecule has 0 aliphatic carbocycles. The van der Waals surface area contributed by atoms with Crippen molar-refractivity contribution in [1.82, 2.24) is 9.55 Å². The summed E-state index contributed by atoms with van der Waals surface area (Å²) in [6.07, 6.45) is 1.67. The molecule has 31 heavy (non-hydrogen) atoms. The monoisotopic (exact) mass is 467 g/mol. The maximum Gasteiger partial charge on any atom is 0.263 e. The molecule has 4 aromatic rings. The number of hydrogen-bond acceptors (Lipinski definition) is 6. The van der Waals surface area contributed by atoms with Gasteiger partial charge in [-0.15, -0.1) is 29.3 Å². The molecule has 158 valence electrons. The fraction of sp³-hybridized carbons (Fsp3) is 0.174. The normalized spacial score (nSPS) is 11.0. The van der Waals surface area contributed by atoms with Gasteiger partial charge in [0.1, 0.15) is 4.83 Å². The number of amides is 1. The Kier molecular flexibility index (Phi) is 6.41. The van der Waals surface area contributed by atoms with Crippen LogP contribution in [0.2, 0.25) is 0 Å². The first-order valence-electron chi connectivity index (χ1n) is 9.65. The van der Waals surface area contributed by atoms with Crippen LogP contribution in [0.3, 0.4) is 0 Å². The van der Waals surface area contributed by atoms with Gasteiger partial charge in [0.05, 0.1) is 11.1 Å². The highest BCUT2D eigenvalue weighted by atomic mass is 32.2. The molecule has 0 bridgehead atoms. The van der Waals surface area contributed by atoms with Crippen LogP contribution < -0.4 is 10.9 Å². The lowest BCUT2D eigenvalue weighted by Crippen LogP contribution is -2.23. The number of allylic oxidation sites excluding steroid dienone is 1. The third-order valence-electron chi connectivity index (χ3n) is 4.83. The van der Waals surface area contributed by atoms with E-state index in [4.69, 9.17) is 4.98 Å². The predicted molar refractivity (Wildman–Crippen MR) is 133 cm³/mol. The molecule has 4 rings (SSSR count). The largest absolute Gasteiger partial charge is 0.325 e. The third kappa shape index (κ3) is 4.37. The molecule has 0 radical (unpaired) electrons. The molecule has 0 aliphatic heterocycles. The number of thiophene rings is 2. The first kappa shape index (κ1) is 21.5. The summed E-state index contributed by atoms with van der Waals surface area (Å²) in [6, 6.07) is 9.87. The van der Waals surface area contributed by atoms with E-state index in [2.05, 4.69) is 11.9 Å². The Morgan fingerprint density at radius 1 is 1.23 bits per heavy atom. The minimum Gasteiger partial charge on any atom is -0.325 e. The van der Waals surface area contributed by atoms with Gasteiger partial charge >= 0.3 is 0 Å². The summed E-state index contributed by atoms with van der Waals surface area (Å²) < 4.78 is 1.59. The summed E-state index contributed by atoms with van der Waals surface area (Å²) in [7, 11) is 0. The van der Waals surface area contributed by atoms with Crippen molar-refractivity contribution in [3.8, 4) is 10.4 Å². The number of carbonyl (C=O) groups excluding carboxylic acids is 1. The summed E-state index contributed by atoms with van der Waals surface area (Å²) in [5.41, 5.74) is 3.67. The number of fused-ring (bicyclic) bond motifs is 1. The van der Waals surface area contributed by atoms with Crippen LogP contribution >= 0.6 is 34.4 Å². The molecule has 0 unspecified atom stereocenters. The van der Waals surface area contributed by atoms with Gasteiger partial charge in [-0.3, -0.25) is 14.2 Å². The van der Waals surface area contributed by atoms with Gasteiger partial charge in [0.15, 0.2) is 5.16 Å². The standard InChI is InChI=1S/C23H21N3O2S3/c1-4-10-26-22(28)19-16(17-9-6-11-29-17)12-30-21(19)25-23(26)31-13-18(27)24-20-14(2)7-5-8-15(20)3/h4-9,11-12H,1,10,13H2,2-3H3,(H,24,27). The van der Waals surface area contributed by atoms with E-state index in [0.717, 1.165) is 27.3 Å². The fourth-order valence-electron chi connectivity index (χ4n) is 3.34. The van der Waals surface area contributed by atoms with Gasteiger partial charge in [-0.1, -0.05) is 42.1 Å². The molecule has 0 fully saturated rings. The van der Waals surface area contributed by atoms with E-state index in [-0.39, 0.29) is 17.2 Å². The highest BCUT2D eigenvalue weighted by Crippen LogP contribution is 2.34. The Bertz CT molecular complexity index is 1300. The lowest BCUT2D eigenvalue weighted by Gasteiger charge is -2.13. The van der Waals surface area contributed by atoms with Crippen LogP contribution in [0.15, 0.2) is 63.7 Å². The first-order chi connectivity index (χ1) is 15.0. The van der Waals surface area contributed by atoms with Gasteiger partial charge in [0, 0.05) is 28.1 Å². The van der Waals surface area contributed by atoms with E-state index in [1.54, 1.807) is 22.0 Å². The lowest BCUT2D eigenvalue weighted by molar-refractivity contribution is -0.113. The zero-order valence-electron chi connectivity index (χ0n) is 17.2. The van der Waals surface area contributed by atoms with Crippen molar-refractivity contribution in [2.75, 3.05) is 11.1 Å². The second kappa shape index (κ2) is 9.21. The number of rotatable bonds is 7. The van der Waals surface area contributed by atoms with Crippen molar-refractivity contribution in [1.29, 1.82) is 0 Å². The number of anilines is 1. The molecule has 1 aromatic carbocycles. The number of hydrogen-bond donors (Lipinski definition) is 1. The Hall–Kier alpha value is -2.68. The van der Waals surface area contributed by atoms with Crippen molar-refractivity contribution in [3.63, 3.8) is 0 Å². The molecule has 3 aromatic heterocycles. The number of nitrogens with zero attached hydrogens (tertiary/aromatic N) is 2. The van der Waals surface area contributed by atoms with Crippen molar-refractivity contribution in [2.45, 2.75) is 25.5 Å². The van der Waals surface area contributed by atoms with Crippen molar-refractivity contribution in [2.24, 2.45) is 0 Å². The van der Waals surface area contributed by atoms with Gasteiger partial charge in [-0.25, -0.2) is 4.98 Å². The van der Waals surface area contributed by atoms with E-state index in [0.29, 0.717) is 21.9 Å². The molecule has 0 saturated carbocycles. The Morgan fingerprint density at radius 2 is 2.00 bits per heavy atom. The quantitative estimate of drug-likeness (QED) is 0.214. The molecule has 1 N–H and O–H groups in total. The van der Waals surface area contributed by atoms with E-state index in [1.807, 2.05) is 54.9 Å². The molecule has 5 nitrogen and oxygen atoms in total. The minimum atomic E-state index is -0.132. The number of benzene rings is 1. The van der Waals surface area contributed by atoms with Crippen LogP contribution in [0, 0.1) is 13.8 Å². The number of thioether (sulfide) groups is 1. The van der Waals surface area contributed by atoms with Crippen LogP contribution in [0.1, 0.15) is 11.1 Å². The summed E-state index contributed by atoms with van der Waals surface area (Å²) >= 11 is 4.31. The Labute approximate surface area is 192 Å². The maximum absolute atomic E-state index is 13.3. The average molecular weight is 468 g/mol. The van der Waals surface area contributed by atoms with Gasteiger partial charge < -0.3 is 5.32 Å². The molecule has 1 amide bonds. The number of para-hydroxylation sites is 1. The molecule has 0 saturated heterocycles. The maximum atomic E-state index is 13.3. The summed E-state index contributed by atoms with van der Waals surface area (Å²) in [5.74, 6) is 0.0267. The highest BCUT2D eigenvalue weighted by Gasteiger charge is 2.18. The molecular formula is C23H21N3O2S3. The molecule has 3 heterocycles. The van der Waals surface area contributed by atoms with Crippen LogP contribution in [0.4, 0.5) is 5.69 Å². The minimum absolute atomic E-state index is 0.104. The van der Waals surface area contributed by atoms with Gasteiger partial charge in [0.2, 0.25) is 5.91 Å². The van der Waals surface area contributed by atoms with E-state index in [1.165, 1.54) is 23.1 Å². The van der Waals surface area contributed by atoms with Gasteiger partial charge in [0.25, 0.3) is 5.56 Å². The van der Waals surface area contributed by atoms with Crippen LogP contribution in [-0.4, -0.2) is 21.2 Å². The fourth-order valence-corrected chi connectivity index (χ4v) is 5.95. The second-order valence-corrected chi connectivity index (χ2v) is 9.76. The number of aryl methyl sites for hydroxylation is 2. The summed E-state index contributed by atoms with van der Waals surface area (Å²) in [6.45, 7) is 8.05. The predicted octanol–water partition coefficient (Wildman–Crippen LogP) is 5.72. The SMILES string of the molecule is C=CCn1c(SCC(=O)Nc2c(C)cccc2C)nc2scc(-c3cccs3)c2c1=O. The number of nitrogens with one attached hydrogen (secondary N) is 1. The smallest absolute Gasteiger partial charge is 0.263 e. The van der Waals surface area contributed by atoms with Crippen molar-refractivity contribution >= 4 is 56.2 Å². The van der Waals surface area contributed by atoms with E-state index >= 15 is 0 Å². The molecular weight excluding hydrogens is 446 g/mol. The van der Waals surface area contributed by atoms with Crippen LogP contribution in [0.25, 0.3) is 20.7 Å². The van der Waals surface area contributed by atoms with E-state index < -0.39 is 0 Å². The van der Waals surface area contributed by atoms with E-state index in [9.17, 15) is 9.59 Å². The first-order valence-corrected chi connectivity index (χ1v) is 12.4. The van der Waals surface area contributed by atoms with Crippen LogP contribution in [0.5, 0.6) is 0 Å². The van der Waals surface area contributed by atoms with Crippen LogP contribution in [-0.2, 0) is 11.3 Å². The molecule has 0 aliphatic rings. The summed E-state index contributed by atoms with van der Waals surface area (Å²) in [4.78, 5) is 32.4. The van der Waals surface area contributed by atoms with Crippen molar-refractivity contribution in [3.05, 3.63) is 75.2 Å². The third-order valence-corrected chi connectivity index (χ3v) is 7.59. The Balaban J connectivity index is 1.63. The topological polar surface area (TPSA) is 64.0 Å². The molecule has 8 heteroatoms. The van der Waals surface area contributed by atoms with Gasteiger partial charge in [-0.05, 0) is 36.4 Å². The van der Waals surface area contributed by atoms with Crippen molar-refractivity contribution < 1.29 is 4.79 Å². The second-order valence-electron chi connectivity index (χ2n) is 7.01. The molecule has 0 atom stereocenters. The highest BCUT2D eigenvalue weighted by molar-refractivity contribution is 7.99. The van der Waals surface area contributed by atoms with Gasteiger partial charge in [-0.2, -0.15) is 0 Å². The number of carbonyl (C=O) groups is 1. The molecule has 0 spiro atoms. The average Bonchev–Trinajstić information content (AvgIpc) is 3.41.